The normalized spacial score (nSPS) is 24.3. The van der Waals surface area contributed by atoms with E-state index in [4.69, 9.17) is 9.84 Å². The molecule has 1 saturated heterocycles. The van der Waals surface area contributed by atoms with Crippen LogP contribution in [0.25, 0.3) is 0 Å². The molecule has 1 heterocycles. The summed E-state index contributed by atoms with van der Waals surface area (Å²) in [4.78, 5) is 23.2. The number of carboxylic acid groups (broad SMARTS) is 1. The maximum Gasteiger partial charge on any atom is 0.410 e. The molecule has 1 aliphatic heterocycles. The molecule has 2 aliphatic rings. The third-order valence-electron chi connectivity index (χ3n) is 2.64. The Morgan fingerprint density at radius 2 is 2.31 bits per heavy atom. The second-order valence-corrected chi connectivity index (χ2v) is 3.56. The highest BCUT2D eigenvalue weighted by Gasteiger charge is 2.53. The molecule has 1 saturated carbocycles. The first-order chi connectivity index (χ1) is 6.14. The minimum atomic E-state index is -0.850. The van der Waals surface area contributed by atoms with Crippen LogP contribution in [-0.2, 0) is 9.53 Å². The molecule has 0 radical (unpaired) electrons. The molecular weight excluding hydrogens is 174 g/mol. The summed E-state index contributed by atoms with van der Waals surface area (Å²) < 4.78 is 4.77. The largest absolute Gasteiger partial charge is 0.481 e. The van der Waals surface area contributed by atoms with E-state index >= 15 is 0 Å². The van der Waals surface area contributed by atoms with Crippen molar-refractivity contribution in [3.8, 4) is 0 Å². The second-order valence-electron chi connectivity index (χ2n) is 3.56. The number of carbonyl (C=O) groups is 2. The number of nitrogens with zero attached hydrogens (tertiary/aromatic N) is 1. The quantitative estimate of drug-likeness (QED) is 0.693. The Labute approximate surface area is 75.3 Å². The molecule has 1 amide bonds. The average molecular weight is 185 g/mol. The van der Waals surface area contributed by atoms with Gasteiger partial charge in [0.1, 0.15) is 6.61 Å². The van der Waals surface area contributed by atoms with E-state index in [1.807, 2.05) is 0 Å². The van der Waals surface area contributed by atoms with E-state index in [-0.39, 0.29) is 12.5 Å². The van der Waals surface area contributed by atoms with E-state index in [1.165, 1.54) is 0 Å². The van der Waals surface area contributed by atoms with Gasteiger partial charge in [0.15, 0.2) is 0 Å². The fraction of sp³-hybridized carbons (Fsp3) is 0.750. The van der Waals surface area contributed by atoms with Crippen molar-refractivity contribution >= 4 is 12.1 Å². The number of cyclic esters (lactones) is 1. The number of rotatable bonds is 3. The fourth-order valence-electron chi connectivity index (χ4n) is 1.79. The number of amides is 1. The number of hydrogen-bond donors (Lipinski definition) is 1. The SMILES string of the molecule is O=C(O)CC1(N2CCOC2=O)CC1. The Morgan fingerprint density at radius 1 is 1.62 bits per heavy atom. The highest BCUT2D eigenvalue weighted by molar-refractivity contribution is 5.75. The maximum absolute atomic E-state index is 11.2. The monoisotopic (exact) mass is 185 g/mol. The molecule has 2 rings (SSSR count). The highest BCUT2D eigenvalue weighted by Crippen LogP contribution is 2.45. The molecule has 2 fully saturated rings. The van der Waals surface area contributed by atoms with Gasteiger partial charge in [-0.15, -0.1) is 0 Å². The minimum absolute atomic E-state index is 0.0437. The van der Waals surface area contributed by atoms with Gasteiger partial charge in [0.25, 0.3) is 0 Å². The van der Waals surface area contributed by atoms with Crippen molar-refractivity contribution < 1.29 is 19.4 Å². The summed E-state index contributed by atoms with van der Waals surface area (Å²) in [5.74, 6) is -0.850. The molecule has 0 aromatic heterocycles. The van der Waals surface area contributed by atoms with Gasteiger partial charge in [-0.3, -0.25) is 9.69 Å². The van der Waals surface area contributed by atoms with Gasteiger partial charge in [0.05, 0.1) is 18.5 Å². The second kappa shape index (κ2) is 2.61. The topological polar surface area (TPSA) is 66.8 Å². The zero-order valence-corrected chi connectivity index (χ0v) is 7.15. The summed E-state index contributed by atoms with van der Waals surface area (Å²) in [5.41, 5.74) is -0.417. The van der Waals surface area contributed by atoms with Gasteiger partial charge in [-0.1, -0.05) is 0 Å². The summed E-state index contributed by atoms with van der Waals surface area (Å²) in [6.45, 7) is 0.923. The van der Waals surface area contributed by atoms with Crippen LogP contribution in [0.4, 0.5) is 4.79 Å². The Morgan fingerprint density at radius 3 is 2.69 bits per heavy atom. The van der Waals surface area contributed by atoms with E-state index in [0.29, 0.717) is 13.2 Å². The molecule has 72 valence electrons. The number of ether oxygens (including phenoxy) is 1. The third-order valence-corrected chi connectivity index (χ3v) is 2.64. The summed E-state index contributed by atoms with van der Waals surface area (Å²) in [6.07, 6.45) is 1.25. The van der Waals surface area contributed by atoms with Gasteiger partial charge in [0, 0.05) is 0 Å². The van der Waals surface area contributed by atoms with Crippen molar-refractivity contribution in [2.24, 2.45) is 0 Å². The zero-order valence-electron chi connectivity index (χ0n) is 7.15. The van der Waals surface area contributed by atoms with Gasteiger partial charge in [0.2, 0.25) is 0 Å². The van der Waals surface area contributed by atoms with Crippen LogP contribution < -0.4 is 0 Å². The lowest BCUT2D eigenvalue weighted by Gasteiger charge is -2.23. The summed E-state index contributed by atoms with van der Waals surface area (Å²) in [7, 11) is 0. The van der Waals surface area contributed by atoms with Crippen molar-refractivity contribution in [2.45, 2.75) is 24.8 Å². The first-order valence-corrected chi connectivity index (χ1v) is 4.30. The predicted molar refractivity (Wildman–Crippen MR) is 42.3 cm³/mol. The van der Waals surface area contributed by atoms with Crippen molar-refractivity contribution in [3.63, 3.8) is 0 Å². The Hall–Kier alpha value is -1.26. The lowest BCUT2D eigenvalue weighted by Crippen LogP contribution is -2.39. The van der Waals surface area contributed by atoms with Gasteiger partial charge in [-0.05, 0) is 12.8 Å². The Bertz CT molecular complexity index is 259. The highest BCUT2D eigenvalue weighted by atomic mass is 16.6. The molecule has 0 aromatic carbocycles. The zero-order chi connectivity index (χ0) is 9.47. The number of carbonyl (C=O) groups excluding carboxylic acids is 1. The van der Waals surface area contributed by atoms with E-state index in [9.17, 15) is 9.59 Å². The van der Waals surface area contributed by atoms with Gasteiger partial charge < -0.3 is 9.84 Å². The molecule has 0 bridgehead atoms. The van der Waals surface area contributed by atoms with E-state index < -0.39 is 11.5 Å². The van der Waals surface area contributed by atoms with Gasteiger partial charge in [-0.25, -0.2) is 4.79 Å². The van der Waals surface area contributed by atoms with Crippen LogP contribution in [0.15, 0.2) is 0 Å². The van der Waals surface area contributed by atoms with Crippen molar-refractivity contribution in [2.75, 3.05) is 13.2 Å². The molecule has 5 nitrogen and oxygen atoms in total. The van der Waals surface area contributed by atoms with E-state index in [0.717, 1.165) is 12.8 Å². The van der Waals surface area contributed by atoms with Crippen LogP contribution in [0.2, 0.25) is 0 Å². The molecule has 0 spiro atoms. The first-order valence-electron chi connectivity index (χ1n) is 4.30. The van der Waals surface area contributed by atoms with Crippen molar-refractivity contribution in [1.82, 2.24) is 4.90 Å². The third kappa shape index (κ3) is 1.34. The Balaban J connectivity index is 2.06. The van der Waals surface area contributed by atoms with E-state index in [2.05, 4.69) is 0 Å². The maximum atomic E-state index is 11.2. The number of aliphatic carboxylic acids is 1. The van der Waals surface area contributed by atoms with Gasteiger partial charge in [-0.2, -0.15) is 0 Å². The molecular formula is C8H11NO4. The van der Waals surface area contributed by atoms with Gasteiger partial charge >= 0.3 is 12.1 Å². The van der Waals surface area contributed by atoms with Crippen molar-refractivity contribution in [1.29, 1.82) is 0 Å². The molecule has 0 aromatic rings. The molecule has 5 heteroatoms. The summed E-state index contributed by atoms with van der Waals surface area (Å²) in [5, 5.41) is 8.66. The lowest BCUT2D eigenvalue weighted by atomic mass is 10.1. The van der Waals surface area contributed by atoms with Crippen molar-refractivity contribution in [3.05, 3.63) is 0 Å². The molecule has 0 atom stereocenters. The van der Waals surface area contributed by atoms with Crippen LogP contribution in [0.5, 0.6) is 0 Å². The number of carboxylic acids is 1. The van der Waals surface area contributed by atoms with Crippen LogP contribution in [-0.4, -0.2) is 40.8 Å². The number of hydrogen-bond acceptors (Lipinski definition) is 3. The van der Waals surface area contributed by atoms with E-state index in [1.54, 1.807) is 4.90 Å². The smallest absolute Gasteiger partial charge is 0.410 e. The van der Waals surface area contributed by atoms with Crippen LogP contribution in [0.1, 0.15) is 19.3 Å². The average Bonchev–Trinajstić information content (AvgIpc) is 2.65. The first kappa shape index (κ1) is 8.34. The standard InChI is InChI=1S/C8H11NO4/c10-6(11)5-8(1-2-8)9-3-4-13-7(9)12/h1-5H2,(H,10,11). The van der Waals surface area contributed by atoms with Crippen LogP contribution in [0.3, 0.4) is 0 Å². The molecule has 0 unspecified atom stereocenters. The minimum Gasteiger partial charge on any atom is -0.481 e. The Kier molecular flexibility index (Phi) is 1.68. The lowest BCUT2D eigenvalue weighted by molar-refractivity contribution is -0.138. The predicted octanol–water partition coefficient (Wildman–Crippen LogP) is 0.446. The molecule has 1 N–H and O–H groups in total. The fourth-order valence-corrected chi connectivity index (χ4v) is 1.79. The molecule has 13 heavy (non-hydrogen) atoms. The molecule has 1 aliphatic carbocycles. The summed E-state index contributed by atoms with van der Waals surface area (Å²) in [6, 6.07) is 0. The summed E-state index contributed by atoms with van der Waals surface area (Å²) >= 11 is 0. The van der Waals surface area contributed by atoms with Crippen LogP contribution >= 0.6 is 0 Å². The van der Waals surface area contributed by atoms with Crippen LogP contribution in [0, 0.1) is 0 Å².